The van der Waals surface area contributed by atoms with Gasteiger partial charge in [-0.05, 0) is 40.0 Å². The van der Waals surface area contributed by atoms with Crippen molar-refractivity contribution < 1.29 is 9.53 Å². The topological polar surface area (TPSA) is 54.5 Å². The Morgan fingerprint density at radius 2 is 2.23 bits per heavy atom. The van der Waals surface area contributed by atoms with Gasteiger partial charge in [0, 0.05) is 36.8 Å². The molecule has 6 heteroatoms. The molecule has 22 heavy (non-hydrogen) atoms. The molecule has 0 aliphatic heterocycles. The van der Waals surface area contributed by atoms with Gasteiger partial charge in [0.25, 0.3) is 0 Å². The van der Waals surface area contributed by atoms with E-state index in [9.17, 15) is 4.79 Å². The Balaban J connectivity index is 1.74. The second-order valence-electron chi connectivity index (χ2n) is 6.66. The van der Waals surface area contributed by atoms with Crippen molar-refractivity contribution in [3.63, 3.8) is 0 Å². The number of carbonyl (C=O) groups is 1. The Bertz CT molecular complexity index is 492. The van der Waals surface area contributed by atoms with Crippen molar-refractivity contribution >= 4 is 17.4 Å². The number of amides is 1. The van der Waals surface area contributed by atoms with E-state index >= 15 is 0 Å². The Labute approximate surface area is 137 Å². The van der Waals surface area contributed by atoms with E-state index in [2.05, 4.69) is 17.2 Å². The first-order valence-electron chi connectivity index (χ1n) is 8.03. The Kier molecular flexibility index (Phi) is 5.81. The molecule has 1 aliphatic rings. The van der Waals surface area contributed by atoms with E-state index in [0.717, 1.165) is 32.4 Å². The Hall–Kier alpha value is -1.14. The molecule has 1 heterocycles. The number of nitrogens with zero attached hydrogens (tertiary/aromatic N) is 2. The van der Waals surface area contributed by atoms with Crippen LogP contribution in [0.3, 0.4) is 0 Å². The number of carbonyl (C=O) groups excluding carboxylic acids is 1. The summed E-state index contributed by atoms with van der Waals surface area (Å²) in [6.07, 6.45) is 4.91. The fourth-order valence-electron chi connectivity index (χ4n) is 2.13. The average Bonchev–Trinajstić information content (AvgIpc) is 3.14. The fourth-order valence-corrected chi connectivity index (χ4v) is 2.97. The number of aryl methyl sites for hydroxylation is 1. The lowest BCUT2D eigenvalue weighted by atomic mass is 10.2. The van der Waals surface area contributed by atoms with Crippen molar-refractivity contribution in [2.75, 3.05) is 13.1 Å². The Morgan fingerprint density at radius 3 is 2.77 bits per heavy atom. The molecule has 0 spiro atoms. The molecule has 0 atom stereocenters. The summed E-state index contributed by atoms with van der Waals surface area (Å²) in [6.45, 7) is 10.1. The molecule has 1 saturated carbocycles. The lowest BCUT2D eigenvalue weighted by Gasteiger charge is -2.27. The van der Waals surface area contributed by atoms with Crippen LogP contribution in [-0.4, -0.2) is 40.7 Å². The van der Waals surface area contributed by atoms with Crippen LogP contribution in [0, 0.1) is 0 Å². The van der Waals surface area contributed by atoms with Gasteiger partial charge in [-0.25, -0.2) is 9.78 Å². The number of hydrogen-bond acceptors (Lipinski definition) is 5. The highest BCUT2D eigenvalue weighted by molar-refractivity contribution is 7.11. The lowest BCUT2D eigenvalue weighted by molar-refractivity contribution is 0.0236. The minimum Gasteiger partial charge on any atom is -0.444 e. The van der Waals surface area contributed by atoms with Gasteiger partial charge in [-0.1, -0.05) is 6.92 Å². The van der Waals surface area contributed by atoms with E-state index < -0.39 is 5.60 Å². The van der Waals surface area contributed by atoms with E-state index in [-0.39, 0.29) is 6.09 Å². The highest BCUT2D eigenvalue weighted by Crippen LogP contribution is 2.28. The van der Waals surface area contributed by atoms with Gasteiger partial charge in [0.2, 0.25) is 0 Å². The van der Waals surface area contributed by atoms with Crippen LogP contribution in [0.1, 0.15) is 50.4 Å². The van der Waals surface area contributed by atoms with E-state index in [1.165, 1.54) is 9.88 Å². The summed E-state index contributed by atoms with van der Waals surface area (Å²) in [5.41, 5.74) is -0.434. The normalized spacial score (nSPS) is 14.9. The molecule has 2 rings (SSSR count). The first-order chi connectivity index (χ1) is 10.4. The molecule has 1 fully saturated rings. The molecular formula is C16H27N3O2S. The van der Waals surface area contributed by atoms with Crippen LogP contribution < -0.4 is 5.32 Å². The second kappa shape index (κ2) is 7.42. The maximum Gasteiger partial charge on any atom is 0.410 e. The molecule has 1 aromatic rings. The zero-order chi connectivity index (χ0) is 16.2. The highest BCUT2D eigenvalue weighted by atomic mass is 32.1. The zero-order valence-electron chi connectivity index (χ0n) is 14.0. The van der Waals surface area contributed by atoms with Crippen molar-refractivity contribution in [3.8, 4) is 0 Å². The average molecular weight is 325 g/mol. The number of thiazole rings is 1. The summed E-state index contributed by atoms with van der Waals surface area (Å²) in [5, 5.41) is 4.56. The van der Waals surface area contributed by atoms with Gasteiger partial charge in [0.1, 0.15) is 5.60 Å². The number of rotatable bonds is 7. The number of nitrogens with one attached hydrogen (secondary N) is 1. The van der Waals surface area contributed by atoms with Gasteiger partial charge in [-0.2, -0.15) is 0 Å². The maximum atomic E-state index is 12.2. The predicted molar refractivity (Wildman–Crippen MR) is 89.2 cm³/mol. The van der Waals surface area contributed by atoms with Crippen LogP contribution in [0.25, 0.3) is 0 Å². The van der Waals surface area contributed by atoms with Crippen LogP contribution in [-0.2, 0) is 17.7 Å². The van der Waals surface area contributed by atoms with E-state index in [1.54, 1.807) is 11.3 Å². The molecule has 0 unspecified atom stereocenters. The van der Waals surface area contributed by atoms with Crippen molar-refractivity contribution in [1.82, 2.24) is 15.2 Å². The van der Waals surface area contributed by atoms with Crippen LogP contribution in [0.5, 0.6) is 0 Å². The lowest BCUT2D eigenvalue weighted by Crippen LogP contribution is -2.41. The van der Waals surface area contributed by atoms with Gasteiger partial charge in [0.15, 0.2) is 0 Å². The molecule has 124 valence electrons. The van der Waals surface area contributed by atoms with Crippen LogP contribution >= 0.6 is 11.3 Å². The second-order valence-corrected chi connectivity index (χ2v) is 7.86. The third-order valence-corrected chi connectivity index (χ3v) is 4.49. The summed E-state index contributed by atoms with van der Waals surface area (Å²) >= 11 is 1.75. The standard InChI is InChI=1S/C16H27N3O2S/c1-5-14-18-11-13(22-14)10-17-8-9-19(12-6-7-12)15(20)21-16(2,3)4/h11-12,17H,5-10H2,1-4H3. The van der Waals surface area contributed by atoms with Gasteiger partial charge in [-0.15, -0.1) is 11.3 Å². The monoisotopic (exact) mass is 325 g/mol. The quantitative estimate of drug-likeness (QED) is 0.782. The molecule has 0 bridgehead atoms. The number of hydrogen-bond donors (Lipinski definition) is 1. The Morgan fingerprint density at radius 1 is 1.50 bits per heavy atom. The first-order valence-corrected chi connectivity index (χ1v) is 8.84. The smallest absolute Gasteiger partial charge is 0.410 e. The largest absolute Gasteiger partial charge is 0.444 e. The minimum absolute atomic E-state index is 0.192. The number of ether oxygens (including phenoxy) is 1. The van der Waals surface area contributed by atoms with Crippen molar-refractivity contribution in [1.29, 1.82) is 0 Å². The van der Waals surface area contributed by atoms with Crippen molar-refractivity contribution in [2.24, 2.45) is 0 Å². The van der Waals surface area contributed by atoms with Gasteiger partial charge >= 0.3 is 6.09 Å². The fraction of sp³-hybridized carbons (Fsp3) is 0.750. The number of aromatic nitrogens is 1. The van der Waals surface area contributed by atoms with Crippen LogP contribution in [0.4, 0.5) is 4.79 Å². The molecule has 0 radical (unpaired) electrons. The minimum atomic E-state index is -0.434. The molecule has 0 aromatic carbocycles. The molecule has 0 saturated heterocycles. The van der Waals surface area contributed by atoms with Crippen molar-refractivity contribution in [2.45, 2.75) is 65.1 Å². The predicted octanol–water partition coefficient (Wildman–Crippen LogP) is 3.19. The van der Waals surface area contributed by atoms with Crippen LogP contribution in [0.2, 0.25) is 0 Å². The molecule has 1 N–H and O–H groups in total. The van der Waals surface area contributed by atoms with Gasteiger partial charge in [-0.3, -0.25) is 0 Å². The van der Waals surface area contributed by atoms with Crippen LogP contribution in [0.15, 0.2) is 6.20 Å². The molecule has 1 aliphatic carbocycles. The van der Waals surface area contributed by atoms with E-state index in [0.29, 0.717) is 12.6 Å². The third-order valence-electron chi connectivity index (χ3n) is 3.35. The highest BCUT2D eigenvalue weighted by Gasteiger charge is 2.34. The molecule has 1 aromatic heterocycles. The summed E-state index contributed by atoms with van der Waals surface area (Å²) in [4.78, 5) is 19.7. The zero-order valence-corrected chi connectivity index (χ0v) is 14.8. The first kappa shape index (κ1) is 17.2. The van der Waals surface area contributed by atoms with E-state index in [1.807, 2.05) is 31.9 Å². The summed E-state index contributed by atoms with van der Waals surface area (Å²) in [5.74, 6) is 0. The van der Waals surface area contributed by atoms with E-state index in [4.69, 9.17) is 4.74 Å². The van der Waals surface area contributed by atoms with Crippen molar-refractivity contribution in [3.05, 3.63) is 16.1 Å². The summed E-state index contributed by atoms with van der Waals surface area (Å²) in [7, 11) is 0. The van der Waals surface area contributed by atoms with Gasteiger partial charge < -0.3 is 15.0 Å². The third kappa shape index (κ3) is 5.57. The molecular weight excluding hydrogens is 298 g/mol. The maximum absolute atomic E-state index is 12.2. The molecule has 1 amide bonds. The van der Waals surface area contributed by atoms with Gasteiger partial charge in [0.05, 0.1) is 5.01 Å². The molecule has 5 nitrogen and oxygen atoms in total. The summed E-state index contributed by atoms with van der Waals surface area (Å²) in [6, 6.07) is 0.367. The summed E-state index contributed by atoms with van der Waals surface area (Å²) < 4.78 is 5.49. The SMILES string of the molecule is CCc1ncc(CNCCN(C(=O)OC(C)(C)C)C2CC2)s1.